The molecule has 5 rings (SSSR count). The maximum absolute atomic E-state index is 13.2. The van der Waals surface area contributed by atoms with Crippen LogP contribution in [0.15, 0.2) is 48.5 Å². The van der Waals surface area contributed by atoms with Crippen molar-refractivity contribution in [2.24, 2.45) is 0 Å². The highest BCUT2D eigenvalue weighted by molar-refractivity contribution is 5.88. The van der Waals surface area contributed by atoms with Crippen molar-refractivity contribution in [3.05, 3.63) is 59.7 Å². The number of nitrogens with one attached hydrogen (secondary N) is 1. The SMILES string of the molecule is CC(C(=O)O)N(C(=O)C1OCCC1NC(=O)OCC1c2ccccc2-c2ccccc21)C1CC1. The number of carbonyl (C=O) groups excluding carboxylic acids is 2. The molecule has 3 atom stereocenters. The zero-order valence-corrected chi connectivity index (χ0v) is 19.0. The predicted octanol–water partition coefficient (Wildman–Crippen LogP) is 3.15. The lowest BCUT2D eigenvalue weighted by molar-refractivity contribution is -0.155. The molecule has 34 heavy (non-hydrogen) atoms. The number of ether oxygens (including phenoxy) is 2. The molecule has 2 fully saturated rings. The number of carboxylic acid groups (broad SMARTS) is 1. The van der Waals surface area contributed by atoms with Gasteiger partial charge in [-0.05, 0) is 48.4 Å². The van der Waals surface area contributed by atoms with Crippen LogP contribution in [0.5, 0.6) is 0 Å². The molecule has 2 N–H and O–H groups in total. The summed E-state index contributed by atoms with van der Waals surface area (Å²) in [5, 5.41) is 12.2. The van der Waals surface area contributed by atoms with Crippen LogP contribution in [0.4, 0.5) is 4.79 Å². The first-order valence-corrected chi connectivity index (χ1v) is 11.7. The van der Waals surface area contributed by atoms with Gasteiger partial charge in [0.2, 0.25) is 0 Å². The first-order chi connectivity index (χ1) is 16.5. The van der Waals surface area contributed by atoms with Gasteiger partial charge in [0.15, 0.2) is 6.10 Å². The molecule has 0 bridgehead atoms. The number of alkyl carbamates (subject to hydrolysis) is 1. The molecule has 1 saturated heterocycles. The number of hydrogen-bond donors (Lipinski definition) is 2. The second-order valence-electron chi connectivity index (χ2n) is 9.15. The summed E-state index contributed by atoms with van der Waals surface area (Å²) in [6.07, 6.45) is 0.490. The number of hydrogen-bond acceptors (Lipinski definition) is 5. The Kier molecular flexibility index (Phi) is 6.00. The van der Waals surface area contributed by atoms with E-state index in [0.29, 0.717) is 13.0 Å². The van der Waals surface area contributed by atoms with Crippen LogP contribution in [-0.2, 0) is 19.1 Å². The van der Waals surface area contributed by atoms with Gasteiger partial charge in [0.1, 0.15) is 12.6 Å². The minimum Gasteiger partial charge on any atom is -0.480 e. The van der Waals surface area contributed by atoms with E-state index in [2.05, 4.69) is 29.6 Å². The number of carbonyl (C=O) groups is 3. The summed E-state index contributed by atoms with van der Waals surface area (Å²) in [6.45, 7) is 1.99. The zero-order valence-electron chi connectivity index (χ0n) is 19.0. The van der Waals surface area contributed by atoms with E-state index in [4.69, 9.17) is 9.47 Å². The minimum atomic E-state index is -1.06. The van der Waals surface area contributed by atoms with Crippen LogP contribution < -0.4 is 5.32 Å². The molecular formula is C26H28N2O6. The van der Waals surface area contributed by atoms with Crippen LogP contribution in [0.25, 0.3) is 11.1 Å². The van der Waals surface area contributed by atoms with E-state index in [1.165, 1.54) is 11.8 Å². The summed E-state index contributed by atoms with van der Waals surface area (Å²) >= 11 is 0. The first-order valence-electron chi connectivity index (χ1n) is 11.7. The molecule has 2 amide bonds. The normalized spacial score (nSPS) is 21.9. The molecule has 3 aliphatic rings. The van der Waals surface area contributed by atoms with Crippen LogP contribution in [-0.4, -0.2) is 65.4 Å². The largest absolute Gasteiger partial charge is 0.480 e. The molecule has 2 aromatic carbocycles. The van der Waals surface area contributed by atoms with E-state index in [1.54, 1.807) is 0 Å². The lowest BCUT2D eigenvalue weighted by Crippen LogP contribution is -2.54. The fourth-order valence-electron chi connectivity index (χ4n) is 5.08. The zero-order chi connectivity index (χ0) is 23.8. The molecule has 8 nitrogen and oxygen atoms in total. The van der Waals surface area contributed by atoms with E-state index in [1.807, 2.05) is 24.3 Å². The Morgan fingerprint density at radius 1 is 1.06 bits per heavy atom. The molecule has 1 heterocycles. The van der Waals surface area contributed by atoms with Gasteiger partial charge in [0.25, 0.3) is 5.91 Å². The summed E-state index contributed by atoms with van der Waals surface area (Å²) in [5.74, 6) is -1.50. The highest BCUT2D eigenvalue weighted by Crippen LogP contribution is 2.44. The van der Waals surface area contributed by atoms with Crippen molar-refractivity contribution in [1.82, 2.24) is 10.2 Å². The first kappa shape index (κ1) is 22.4. The topological polar surface area (TPSA) is 105 Å². The number of fused-ring (bicyclic) bond motifs is 3. The molecule has 1 saturated carbocycles. The summed E-state index contributed by atoms with van der Waals surface area (Å²) in [6, 6.07) is 14.6. The Balaban J connectivity index is 1.23. The van der Waals surface area contributed by atoms with E-state index < -0.39 is 30.3 Å². The van der Waals surface area contributed by atoms with E-state index in [9.17, 15) is 19.5 Å². The highest BCUT2D eigenvalue weighted by atomic mass is 16.6. The van der Waals surface area contributed by atoms with Gasteiger partial charge in [-0.2, -0.15) is 0 Å². The van der Waals surface area contributed by atoms with Crippen molar-refractivity contribution in [2.45, 2.75) is 56.3 Å². The van der Waals surface area contributed by atoms with Gasteiger partial charge in [-0.1, -0.05) is 48.5 Å². The molecule has 0 aromatic heterocycles. The van der Waals surface area contributed by atoms with Crippen LogP contribution in [0.1, 0.15) is 43.2 Å². The van der Waals surface area contributed by atoms with Crippen molar-refractivity contribution in [3.8, 4) is 11.1 Å². The number of carboxylic acids is 1. The third-order valence-electron chi connectivity index (χ3n) is 6.95. The molecule has 2 aromatic rings. The summed E-state index contributed by atoms with van der Waals surface area (Å²) in [7, 11) is 0. The Bertz CT molecular complexity index is 1070. The molecule has 0 spiro atoms. The maximum Gasteiger partial charge on any atom is 0.407 e. The van der Waals surface area contributed by atoms with Crippen molar-refractivity contribution in [3.63, 3.8) is 0 Å². The average molecular weight is 465 g/mol. The van der Waals surface area contributed by atoms with Crippen molar-refractivity contribution >= 4 is 18.0 Å². The lowest BCUT2D eigenvalue weighted by Gasteiger charge is -2.30. The number of benzene rings is 2. The lowest BCUT2D eigenvalue weighted by atomic mass is 9.98. The van der Waals surface area contributed by atoms with Crippen LogP contribution >= 0.6 is 0 Å². The molecule has 178 valence electrons. The standard InChI is InChI=1S/C26H28N2O6/c1-15(25(30)31)28(16-10-11-16)24(29)23-22(12-13-33-23)27-26(32)34-14-21-19-8-4-2-6-17(19)18-7-3-5-9-20(18)21/h2-9,15-16,21-23H,10-14H2,1H3,(H,27,32)(H,30,31). The van der Waals surface area contributed by atoms with Crippen molar-refractivity contribution < 1.29 is 29.0 Å². The molecule has 2 aliphatic carbocycles. The summed E-state index contributed by atoms with van der Waals surface area (Å²) < 4.78 is 11.2. The molecule has 1 aliphatic heterocycles. The second kappa shape index (κ2) is 9.10. The quantitative estimate of drug-likeness (QED) is 0.652. The van der Waals surface area contributed by atoms with Crippen LogP contribution in [0.3, 0.4) is 0 Å². The minimum absolute atomic E-state index is 0.0582. The Labute approximate surface area is 197 Å². The van der Waals surface area contributed by atoms with Crippen molar-refractivity contribution in [2.75, 3.05) is 13.2 Å². The van der Waals surface area contributed by atoms with Gasteiger partial charge in [0.05, 0.1) is 6.04 Å². The highest BCUT2D eigenvalue weighted by Gasteiger charge is 2.45. The molecule has 8 heteroatoms. The van der Waals surface area contributed by atoms with Gasteiger partial charge < -0.3 is 24.8 Å². The van der Waals surface area contributed by atoms with Gasteiger partial charge in [-0.15, -0.1) is 0 Å². The average Bonchev–Trinajstić information content (AvgIpc) is 3.47. The number of rotatable bonds is 7. The fraction of sp³-hybridized carbons (Fsp3) is 0.423. The van der Waals surface area contributed by atoms with Crippen LogP contribution in [0, 0.1) is 0 Å². The Morgan fingerprint density at radius 2 is 1.68 bits per heavy atom. The van der Waals surface area contributed by atoms with Crippen molar-refractivity contribution in [1.29, 1.82) is 0 Å². The van der Waals surface area contributed by atoms with E-state index in [-0.39, 0.29) is 24.5 Å². The number of nitrogens with zero attached hydrogens (tertiary/aromatic N) is 1. The Hall–Kier alpha value is -3.39. The van der Waals surface area contributed by atoms with Gasteiger partial charge in [0, 0.05) is 18.6 Å². The third kappa shape index (κ3) is 4.14. The van der Waals surface area contributed by atoms with E-state index >= 15 is 0 Å². The number of amides is 2. The van der Waals surface area contributed by atoms with Gasteiger partial charge in [-0.25, -0.2) is 9.59 Å². The molecule has 3 unspecified atom stereocenters. The Morgan fingerprint density at radius 3 is 2.26 bits per heavy atom. The second-order valence-corrected chi connectivity index (χ2v) is 9.15. The summed E-state index contributed by atoms with van der Waals surface area (Å²) in [5.41, 5.74) is 4.54. The van der Waals surface area contributed by atoms with Gasteiger partial charge in [-0.3, -0.25) is 4.79 Å². The molecular weight excluding hydrogens is 436 g/mol. The monoisotopic (exact) mass is 464 g/mol. The smallest absolute Gasteiger partial charge is 0.407 e. The molecule has 0 radical (unpaired) electrons. The third-order valence-corrected chi connectivity index (χ3v) is 6.95. The van der Waals surface area contributed by atoms with E-state index in [0.717, 1.165) is 35.1 Å². The fourth-order valence-corrected chi connectivity index (χ4v) is 5.08. The van der Waals surface area contributed by atoms with Crippen LogP contribution in [0.2, 0.25) is 0 Å². The number of aliphatic carboxylic acids is 1. The van der Waals surface area contributed by atoms with Gasteiger partial charge >= 0.3 is 12.1 Å². The maximum atomic E-state index is 13.2. The predicted molar refractivity (Wildman–Crippen MR) is 123 cm³/mol. The summed E-state index contributed by atoms with van der Waals surface area (Å²) in [4.78, 5) is 38.8.